The molecule has 0 spiro atoms. The van der Waals surface area contributed by atoms with Gasteiger partial charge in [0.05, 0.1) is 10.1 Å². The molecular formula is C18H20N2O2S2. The van der Waals surface area contributed by atoms with E-state index in [0.717, 1.165) is 17.7 Å². The summed E-state index contributed by atoms with van der Waals surface area (Å²) in [5.74, 6) is -0.451. The second kappa shape index (κ2) is 7.40. The van der Waals surface area contributed by atoms with Gasteiger partial charge in [-0.15, -0.1) is 23.1 Å². The first-order valence-electron chi connectivity index (χ1n) is 7.98. The zero-order chi connectivity index (χ0) is 17.1. The fraction of sp³-hybridized carbons (Fsp3) is 0.333. The Hall–Kier alpha value is -1.79. The maximum Gasteiger partial charge on any atom is 0.279 e. The van der Waals surface area contributed by atoms with Gasteiger partial charge in [0.15, 0.2) is 0 Å². The molecule has 1 atom stereocenters. The van der Waals surface area contributed by atoms with Crippen LogP contribution in [0.25, 0.3) is 0 Å². The number of hydrogen-bond donors (Lipinski definition) is 2. The van der Waals surface area contributed by atoms with Gasteiger partial charge in [-0.3, -0.25) is 20.4 Å². The van der Waals surface area contributed by atoms with Crippen molar-refractivity contribution in [3.8, 4) is 0 Å². The lowest BCUT2D eigenvalue weighted by molar-refractivity contribution is -0.121. The molecule has 4 nitrogen and oxygen atoms in total. The first-order chi connectivity index (χ1) is 11.5. The molecule has 6 heteroatoms. The largest absolute Gasteiger partial charge is 0.279 e. The predicted octanol–water partition coefficient (Wildman–Crippen LogP) is 3.49. The van der Waals surface area contributed by atoms with Gasteiger partial charge in [0.25, 0.3) is 11.8 Å². The smallest absolute Gasteiger partial charge is 0.272 e. The topological polar surface area (TPSA) is 58.2 Å². The number of carbonyl (C=O) groups is 2. The van der Waals surface area contributed by atoms with Crippen molar-refractivity contribution in [3.63, 3.8) is 0 Å². The minimum Gasteiger partial charge on any atom is -0.272 e. The van der Waals surface area contributed by atoms with Crippen LogP contribution < -0.4 is 10.9 Å². The lowest BCUT2D eigenvalue weighted by Gasteiger charge is -2.12. The molecule has 0 saturated carbocycles. The summed E-state index contributed by atoms with van der Waals surface area (Å²) in [6, 6.07) is 9.97. The van der Waals surface area contributed by atoms with E-state index in [2.05, 4.69) is 10.9 Å². The third-order valence-corrected chi connectivity index (χ3v) is 6.32. The molecule has 2 N–H and O–H groups in total. The summed E-state index contributed by atoms with van der Waals surface area (Å²) in [4.78, 5) is 27.3. The van der Waals surface area contributed by atoms with Crippen molar-refractivity contribution in [1.29, 1.82) is 0 Å². The molecule has 0 radical (unpaired) electrons. The monoisotopic (exact) mass is 360 g/mol. The fourth-order valence-corrected chi connectivity index (χ4v) is 4.61. The zero-order valence-corrected chi connectivity index (χ0v) is 15.4. The predicted molar refractivity (Wildman–Crippen MR) is 98.5 cm³/mol. The second-order valence-electron chi connectivity index (χ2n) is 5.93. The molecular weight excluding hydrogens is 340 g/mol. The lowest BCUT2D eigenvalue weighted by atomic mass is 10.2. The average Bonchev–Trinajstić information content (AvgIpc) is 3.16. The Bertz CT molecular complexity index is 731. The second-order valence-corrected chi connectivity index (χ2v) is 8.48. The lowest BCUT2D eigenvalue weighted by Crippen LogP contribution is -2.44. The molecule has 0 fully saturated rings. The molecule has 2 amide bonds. The van der Waals surface area contributed by atoms with Crippen LogP contribution in [0.1, 0.15) is 39.0 Å². The minimum atomic E-state index is -0.290. The van der Waals surface area contributed by atoms with Crippen molar-refractivity contribution in [1.82, 2.24) is 10.9 Å². The van der Waals surface area contributed by atoms with Gasteiger partial charge < -0.3 is 0 Å². The molecule has 1 aromatic carbocycles. The van der Waals surface area contributed by atoms with Gasteiger partial charge >= 0.3 is 0 Å². The van der Waals surface area contributed by atoms with Gasteiger partial charge in [-0.1, -0.05) is 17.7 Å². The molecule has 1 unspecified atom stereocenters. The molecule has 1 aliphatic carbocycles. The van der Waals surface area contributed by atoms with Gasteiger partial charge in [-0.25, -0.2) is 0 Å². The zero-order valence-electron chi connectivity index (χ0n) is 13.7. The van der Waals surface area contributed by atoms with Crippen LogP contribution in [-0.2, 0) is 17.6 Å². The van der Waals surface area contributed by atoms with E-state index >= 15 is 0 Å². The molecule has 126 valence electrons. The van der Waals surface area contributed by atoms with Gasteiger partial charge in [0.2, 0.25) is 0 Å². The molecule has 1 aliphatic rings. The Balaban J connectivity index is 1.50. The molecule has 2 aromatic rings. The number of thiophene rings is 1. The summed E-state index contributed by atoms with van der Waals surface area (Å²) in [6.07, 6.45) is 3.28. The van der Waals surface area contributed by atoms with Crippen molar-refractivity contribution in [2.24, 2.45) is 0 Å². The van der Waals surface area contributed by atoms with Gasteiger partial charge in [-0.2, -0.15) is 0 Å². The van der Waals surface area contributed by atoms with Crippen LogP contribution in [0.4, 0.5) is 0 Å². The highest BCUT2D eigenvalue weighted by atomic mass is 32.2. The number of carbonyl (C=O) groups excluding carboxylic acids is 2. The number of thioether (sulfide) groups is 1. The van der Waals surface area contributed by atoms with E-state index in [0.29, 0.717) is 4.88 Å². The van der Waals surface area contributed by atoms with Gasteiger partial charge in [0, 0.05) is 9.77 Å². The molecule has 3 rings (SSSR count). The first kappa shape index (κ1) is 17.0. The van der Waals surface area contributed by atoms with E-state index in [1.165, 1.54) is 45.5 Å². The Morgan fingerprint density at radius 3 is 2.62 bits per heavy atom. The highest BCUT2D eigenvalue weighted by molar-refractivity contribution is 8.00. The highest BCUT2D eigenvalue weighted by Gasteiger charge is 2.20. The fourth-order valence-electron chi connectivity index (χ4n) is 2.60. The molecule has 1 heterocycles. The van der Waals surface area contributed by atoms with Gasteiger partial charge in [0.1, 0.15) is 0 Å². The van der Waals surface area contributed by atoms with E-state index in [1.54, 1.807) is 0 Å². The van der Waals surface area contributed by atoms with Crippen LogP contribution in [0.15, 0.2) is 35.2 Å². The molecule has 1 aromatic heterocycles. The number of nitrogens with one attached hydrogen (secondary N) is 2. The van der Waals surface area contributed by atoms with Crippen molar-refractivity contribution >= 4 is 34.9 Å². The quantitative estimate of drug-likeness (QED) is 0.648. The normalized spacial score (nSPS) is 14.1. The van der Waals surface area contributed by atoms with Crippen LogP contribution in [0.3, 0.4) is 0 Å². The van der Waals surface area contributed by atoms with Gasteiger partial charge in [-0.05, 0) is 56.9 Å². The maximum absolute atomic E-state index is 12.2. The molecule has 24 heavy (non-hydrogen) atoms. The summed E-state index contributed by atoms with van der Waals surface area (Å²) in [6.45, 7) is 3.85. The number of aryl methyl sites for hydroxylation is 3. The standard InChI is InChI=1S/C18H20N2O2S2/c1-11-6-8-14(9-7-11)23-12(2)17(21)19-20-18(22)16-10-13-4-3-5-15(13)24-16/h6-10,12H,3-5H2,1-2H3,(H,19,21)(H,20,22). The summed E-state index contributed by atoms with van der Waals surface area (Å²) < 4.78 is 0. The van der Waals surface area contributed by atoms with Crippen LogP contribution in [-0.4, -0.2) is 17.1 Å². The van der Waals surface area contributed by atoms with Crippen molar-refractivity contribution in [2.75, 3.05) is 0 Å². The van der Waals surface area contributed by atoms with Crippen molar-refractivity contribution < 1.29 is 9.59 Å². The van der Waals surface area contributed by atoms with Crippen LogP contribution in [0.2, 0.25) is 0 Å². The number of hydrazine groups is 1. The Labute approximate surface area is 150 Å². The SMILES string of the molecule is Cc1ccc(SC(C)C(=O)NNC(=O)c2cc3c(s2)CCC3)cc1. The molecule has 0 aliphatic heterocycles. The van der Waals surface area contributed by atoms with E-state index in [4.69, 9.17) is 0 Å². The number of amides is 2. The average molecular weight is 361 g/mol. The Morgan fingerprint density at radius 1 is 1.17 bits per heavy atom. The third-order valence-electron chi connectivity index (χ3n) is 3.97. The highest BCUT2D eigenvalue weighted by Crippen LogP contribution is 2.30. The van der Waals surface area contributed by atoms with Crippen molar-refractivity contribution in [3.05, 3.63) is 51.2 Å². The van der Waals surface area contributed by atoms with Crippen LogP contribution >= 0.6 is 23.1 Å². The first-order valence-corrected chi connectivity index (χ1v) is 9.67. The number of rotatable bonds is 4. The molecule has 0 bridgehead atoms. The Kier molecular flexibility index (Phi) is 5.26. The summed E-state index contributed by atoms with van der Waals surface area (Å²) in [7, 11) is 0. The summed E-state index contributed by atoms with van der Waals surface area (Å²) in [5, 5.41) is -0.290. The van der Waals surface area contributed by atoms with Crippen LogP contribution in [0.5, 0.6) is 0 Å². The van der Waals surface area contributed by atoms with Crippen molar-refractivity contribution in [2.45, 2.75) is 43.3 Å². The third kappa shape index (κ3) is 3.99. The van der Waals surface area contributed by atoms with Crippen LogP contribution in [0, 0.1) is 6.92 Å². The number of benzene rings is 1. The van der Waals surface area contributed by atoms with E-state index in [-0.39, 0.29) is 17.1 Å². The van der Waals surface area contributed by atoms with E-state index < -0.39 is 0 Å². The Morgan fingerprint density at radius 2 is 1.92 bits per heavy atom. The number of hydrogen-bond acceptors (Lipinski definition) is 4. The van der Waals surface area contributed by atoms with E-state index in [1.807, 2.05) is 44.2 Å². The summed E-state index contributed by atoms with van der Waals surface area (Å²) >= 11 is 2.99. The summed E-state index contributed by atoms with van der Waals surface area (Å²) in [5.41, 5.74) is 7.51. The minimum absolute atomic E-state index is 0.210. The maximum atomic E-state index is 12.2. The number of fused-ring (bicyclic) bond motifs is 1. The molecule has 0 saturated heterocycles. The van der Waals surface area contributed by atoms with E-state index in [9.17, 15) is 9.59 Å².